The van der Waals surface area contributed by atoms with Gasteiger partial charge in [-0.15, -0.1) is 0 Å². The Bertz CT molecular complexity index is 428. The third kappa shape index (κ3) is 2.74. The van der Waals surface area contributed by atoms with Crippen molar-refractivity contribution >= 4 is 5.91 Å². The lowest BCUT2D eigenvalue weighted by Crippen LogP contribution is -2.37. The standard InChI is InChI=1S/C14H17NO2/c1-3-14(16)15(2)9-13-8-11-6-4-5-7-12(11)10-17-13/h3-7,13H,1,8-10H2,2H3. The zero-order valence-electron chi connectivity index (χ0n) is 10.1. The third-order valence-corrected chi connectivity index (χ3v) is 3.07. The zero-order valence-corrected chi connectivity index (χ0v) is 10.1. The molecule has 0 aromatic heterocycles. The van der Waals surface area contributed by atoms with Gasteiger partial charge in [-0.2, -0.15) is 0 Å². The van der Waals surface area contributed by atoms with Gasteiger partial charge in [0.1, 0.15) is 0 Å². The molecule has 0 saturated carbocycles. The van der Waals surface area contributed by atoms with Gasteiger partial charge in [-0.3, -0.25) is 4.79 Å². The minimum absolute atomic E-state index is 0.0625. The van der Waals surface area contributed by atoms with Crippen LogP contribution in [0.4, 0.5) is 0 Å². The van der Waals surface area contributed by atoms with Crippen LogP contribution in [0.2, 0.25) is 0 Å². The SMILES string of the molecule is C=CC(=O)N(C)CC1Cc2ccccc2CO1. The van der Waals surface area contributed by atoms with Crippen LogP contribution in [0.25, 0.3) is 0 Å². The summed E-state index contributed by atoms with van der Waals surface area (Å²) in [6.07, 6.45) is 2.28. The van der Waals surface area contributed by atoms with E-state index in [4.69, 9.17) is 4.74 Å². The van der Waals surface area contributed by atoms with E-state index in [1.807, 2.05) is 12.1 Å². The summed E-state index contributed by atoms with van der Waals surface area (Å²) in [6.45, 7) is 4.72. The number of ether oxygens (including phenoxy) is 1. The molecule has 1 unspecified atom stereocenters. The number of likely N-dealkylation sites (N-methyl/N-ethyl adjacent to an activating group) is 1. The Morgan fingerprint density at radius 2 is 2.24 bits per heavy atom. The van der Waals surface area contributed by atoms with Crippen LogP contribution in [0.5, 0.6) is 0 Å². The second kappa shape index (κ2) is 5.15. The average molecular weight is 231 g/mol. The largest absolute Gasteiger partial charge is 0.371 e. The predicted octanol–water partition coefficient (Wildman–Crippen LogP) is 1.77. The molecule has 1 heterocycles. The first-order valence-corrected chi connectivity index (χ1v) is 5.76. The number of benzene rings is 1. The first-order valence-electron chi connectivity index (χ1n) is 5.76. The highest BCUT2D eigenvalue weighted by Gasteiger charge is 2.21. The summed E-state index contributed by atoms with van der Waals surface area (Å²) < 4.78 is 5.74. The molecule has 3 heteroatoms. The summed E-state index contributed by atoms with van der Waals surface area (Å²) in [5, 5.41) is 0. The van der Waals surface area contributed by atoms with Gasteiger partial charge in [0.2, 0.25) is 5.91 Å². The first-order chi connectivity index (χ1) is 8.20. The minimum atomic E-state index is -0.0625. The second-order valence-electron chi connectivity index (χ2n) is 4.33. The summed E-state index contributed by atoms with van der Waals surface area (Å²) in [5.74, 6) is -0.0625. The van der Waals surface area contributed by atoms with Crippen LogP contribution in [0.3, 0.4) is 0 Å². The highest BCUT2D eigenvalue weighted by Crippen LogP contribution is 2.20. The van der Waals surface area contributed by atoms with E-state index in [-0.39, 0.29) is 12.0 Å². The Morgan fingerprint density at radius 1 is 1.53 bits per heavy atom. The number of rotatable bonds is 3. The molecule has 1 aliphatic rings. The fraction of sp³-hybridized carbons (Fsp3) is 0.357. The number of amides is 1. The second-order valence-corrected chi connectivity index (χ2v) is 4.33. The van der Waals surface area contributed by atoms with Crippen LogP contribution >= 0.6 is 0 Å². The zero-order chi connectivity index (χ0) is 12.3. The van der Waals surface area contributed by atoms with Crippen LogP contribution in [0, 0.1) is 0 Å². The Balaban J connectivity index is 1.98. The van der Waals surface area contributed by atoms with Crippen molar-refractivity contribution in [1.82, 2.24) is 4.90 Å². The lowest BCUT2D eigenvalue weighted by molar-refractivity contribution is -0.126. The number of hydrogen-bond donors (Lipinski definition) is 0. The average Bonchev–Trinajstić information content (AvgIpc) is 2.37. The maximum absolute atomic E-state index is 11.4. The molecule has 0 N–H and O–H groups in total. The van der Waals surface area contributed by atoms with Crippen molar-refractivity contribution in [2.75, 3.05) is 13.6 Å². The minimum Gasteiger partial charge on any atom is -0.371 e. The van der Waals surface area contributed by atoms with E-state index in [9.17, 15) is 4.79 Å². The molecule has 0 radical (unpaired) electrons. The molecule has 1 aliphatic heterocycles. The van der Waals surface area contributed by atoms with Crippen molar-refractivity contribution in [2.45, 2.75) is 19.1 Å². The van der Waals surface area contributed by atoms with Crippen molar-refractivity contribution in [3.8, 4) is 0 Å². The lowest BCUT2D eigenvalue weighted by atomic mass is 9.99. The molecule has 1 aromatic rings. The van der Waals surface area contributed by atoms with E-state index in [0.29, 0.717) is 13.2 Å². The van der Waals surface area contributed by atoms with Crippen LogP contribution in [-0.4, -0.2) is 30.5 Å². The number of hydrogen-bond acceptors (Lipinski definition) is 2. The van der Waals surface area contributed by atoms with Gasteiger partial charge in [0, 0.05) is 20.0 Å². The summed E-state index contributed by atoms with van der Waals surface area (Å²) in [4.78, 5) is 13.0. The van der Waals surface area contributed by atoms with Crippen molar-refractivity contribution in [3.05, 3.63) is 48.0 Å². The molecule has 0 saturated heterocycles. The molecule has 2 rings (SSSR count). The number of carbonyl (C=O) groups excluding carboxylic acids is 1. The molecule has 1 aromatic carbocycles. The van der Waals surface area contributed by atoms with Crippen LogP contribution < -0.4 is 0 Å². The molecule has 0 bridgehead atoms. The number of fused-ring (bicyclic) bond motifs is 1. The van der Waals surface area contributed by atoms with E-state index in [0.717, 1.165) is 6.42 Å². The van der Waals surface area contributed by atoms with E-state index in [1.54, 1.807) is 11.9 Å². The van der Waals surface area contributed by atoms with Gasteiger partial charge in [0.25, 0.3) is 0 Å². The molecule has 1 atom stereocenters. The van der Waals surface area contributed by atoms with Gasteiger partial charge >= 0.3 is 0 Å². The van der Waals surface area contributed by atoms with Gasteiger partial charge in [-0.1, -0.05) is 30.8 Å². The summed E-state index contributed by atoms with van der Waals surface area (Å²) >= 11 is 0. The Hall–Kier alpha value is -1.61. The fourth-order valence-electron chi connectivity index (χ4n) is 2.08. The van der Waals surface area contributed by atoms with Crippen molar-refractivity contribution in [3.63, 3.8) is 0 Å². The van der Waals surface area contributed by atoms with Gasteiger partial charge in [-0.25, -0.2) is 0 Å². The molecule has 90 valence electrons. The normalized spacial score (nSPS) is 18.3. The van der Waals surface area contributed by atoms with E-state index < -0.39 is 0 Å². The van der Waals surface area contributed by atoms with Gasteiger partial charge in [0.15, 0.2) is 0 Å². The molecule has 1 amide bonds. The number of nitrogens with zero attached hydrogens (tertiary/aromatic N) is 1. The molecular weight excluding hydrogens is 214 g/mol. The maximum Gasteiger partial charge on any atom is 0.245 e. The molecule has 0 spiro atoms. The molecule has 17 heavy (non-hydrogen) atoms. The van der Waals surface area contributed by atoms with E-state index in [2.05, 4.69) is 18.7 Å². The Morgan fingerprint density at radius 3 is 2.94 bits per heavy atom. The molecular formula is C14H17NO2. The fourth-order valence-corrected chi connectivity index (χ4v) is 2.08. The van der Waals surface area contributed by atoms with Gasteiger partial charge in [0.05, 0.1) is 12.7 Å². The molecule has 0 fully saturated rings. The Kier molecular flexibility index (Phi) is 3.59. The molecule has 0 aliphatic carbocycles. The van der Waals surface area contributed by atoms with Gasteiger partial charge in [-0.05, 0) is 17.2 Å². The summed E-state index contributed by atoms with van der Waals surface area (Å²) in [6, 6.07) is 8.28. The monoisotopic (exact) mass is 231 g/mol. The van der Waals surface area contributed by atoms with Crippen LogP contribution in [0.1, 0.15) is 11.1 Å². The van der Waals surface area contributed by atoms with E-state index in [1.165, 1.54) is 17.2 Å². The summed E-state index contributed by atoms with van der Waals surface area (Å²) in [7, 11) is 1.77. The topological polar surface area (TPSA) is 29.5 Å². The highest BCUT2D eigenvalue weighted by atomic mass is 16.5. The Labute approximate surface area is 102 Å². The predicted molar refractivity (Wildman–Crippen MR) is 66.6 cm³/mol. The lowest BCUT2D eigenvalue weighted by Gasteiger charge is -2.28. The van der Waals surface area contributed by atoms with Crippen molar-refractivity contribution in [2.24, 2.45) is 0 Å². The number of carbonyl (C=O) groups is 1. The smallest absolute Gasteiger partial charge is 0.245 e. The molecule has 3 nitrogen and oxygen atoms in total. The van der Waals surface area contributed by atoms with E-state index >= 15 is 0 Å². The quantitative estimate of drug-likeness (QED) is 0.742. The van der Waals surface area contributed by atoms with Crippen LogP contribution in [-0.2, 0) is 22.6 Å². The third-order valence-electron chi connectivity index (χ3n) is 3.07. The first kappa shape index (κ1) is 11.9. The summed E-state index contributed by atoms with van der Waals surface area (Å²) in [5.41, 5.74) is 2.57. The van der Waals surface area contributed by atoms with Gasteiger partial charge < -0.3 is 9.64 Å². The van der Waals surface area contributed by atoms with Crippen molar-refractivity contribution < 1.29 is 9.53 Å². The highest BCUT2D eigenvalue weighted by molar-refractivity contribution is 5.86. The van der Waals surface area contributed by atoms with Crippen molar-refractivity contribution in [1.29, 1.82) is 0 Å². The van der Waals surface area contributed by atoms with Crippen LogP contribution in [0.15, 0.2) is 36.9 Å². The maximum atomic E-state index is 11.4.